The summed E-state index contributed by atoms with van der Waals surface area (Å²) in [5.41, 5.74) is 11.2. The number of benzene rings is 2. The Morgan fingerprint density at radius 2 is 1.69 bits per heavy atom. The van der Waals surface area contributed by atoms with Crippen molar-refractivity contribution in [3.8, 4) is 0 Å². The van der Waals surface area contributed by atoms with Crippen LogP contribution in [0.5, 0.6) is 0 Å². The largest absolute Gasteiger partial charge is 0.375 e. The van der Waals surface area contributed by atoms with Crippen LogP contribution in [-0.2, 0) is 0 Å². The van der Waals surface area contributed by atoms with E-state index in [4.69, 9.17) is 41.2 Å². The van der Waals surface area contributed by atoms with E-state index in [1.165, 1.54) is 0 Å². The summed E-state index contributed by atoms with van der Waals surface area (Å²) in [6, 6.07) is 9.47. The zero-order valence-corrected chi connectivity index (χ0v) is 22.2. The first-order valence-corrected chi connectivity index (χ1v) is 12.7. The number of thiocarbonyl (C=S) groups is 1. The molecular formula is C24H30Cl2FN7S. The zero-order chi connectivity index (χ0) is 25.1. The first kappa shape index (κ1) is 25.8. The van der Waals surface area contributed by atoms with Gasteiger partial charge in [0.05, 0.1) is 11.9 Å². The van der Waals surface area contributed by atoms with Gasteiger partial charge in [0.1, 0.15) is 5.82 Å². The Hall–Kier alpha value is -2.33. The third-order valence-corrected chi connectivity index (χ3v) is 7.07. The second-order valence-electron chi connectivity index (χ2n) is 9.05. The summed E-state index contributed by atoms with van der Waals surface area (Å²) in [7, 11) is 4.18. The minimum absolute atomic E-state index is 0.0626. The zero-order valence-electron chi connectivity index (χ0n) is 19.8. The summed E-state index contributed by atoms with van der Waals surface area (Å²) < 4.78 is 15.4. The van der Waals surface area contributed by atoms with Crippen LogP contribution in [0.4, 0.5) is 21.5 Å². The number of hydrogen-bond acceptors (Lipinski definition) is 6. The molecule has 188 valence electrons. The Morgan fingerprint density at radius 3 is 2.29 bits per heavy atom. The van der Waals surface area contributed by atoms with E-state index >= 15 is 4.39 Å². The lowest BCUT2D eigenvalue weighted by Gasteiger charge is -2.38. The molecule has 2 aliphatic rings. The van der Waals surface area contributed by atoms with Gasteiger partial charge >= 0.3 is 0 Å². The molecule has 0 unspecified atom stereocenters. The maximum Gasteiger partial charge on any atom is 0.184 e. The van der Waals surface area contributed by atoms with Gasteiger partial charge in [0.2, 0.25) is 0 Å². The molecule has 2 heterocycles. The fourth-order valence-corrected chi connectivity index (χ4v) is 5.23. The van der Waals surface area contributed by atoms with Crippen LogP contribution in [0.15, 0.2) is 35.4 Å². The highest BCUT2D eigenvalue weighted by molar-refractivity contribution is 7.80. The highest BCUT2D eigenvalue weighted by Gasteiger charge is 2.28. The molecule has 2 aromatic rings. The van der Waals surface area contributed by atoms with Crippen LogP contribution in [0.25, 0.3) is 0 Å². The van der Waals surface area contributed by atoms with Crippen molar-refractivity contribution in [2.45, 2.75) is 12.5 Å². The molecule has 0 aliphatic carbocycles. The number of piperazine rings is 1. The van der Waals surface area contributed by atoms with E-state index in [-0.39, 0.29) is 10.9 Å². The highest BCUT2D eigenvalue weighted by Crippen LogP contribution is 2.33. The summed E-state index contributed by atoms with van der Waals surface area (Å²) >= 11 is 17.2. The molecule has 4 rings (SSSR count). The van der Waals surface area contributed by atoms with Crippen LogP contribution < -0.4 is 25.9 Å². The van der Waals surface area contributed by atoms with Crippen molar-refractivity contribution >= 4 is 63.8 Å². The van der Waals surface area contributed by atoms with Crippen molar-refractivity contribution in [3.63, 3.8) is 0 Å². The van der Waals surface area contributed by atoms with Crippen molar-refractivity contribution in [3.05, 3.63) is 51.8 Å². The Morgan fingerprint density at radius 1 is 1.03 bits per heavy atom. The number of rotatable bonds is 6. The molecule has 11 heteroatoms. The standard InChI is InChI=1S/C24H30Cl2FN7S/c1-31(2)19-3-4-34(15-19)22-13-23(21(27)9-16(22)14-29-30-24(28)35)33-7-5-32(6-8-33)20-11-17(25)10-18(26)12-20/h9-14,19H,3-8,15H2,1-2H3,(H3,28,30,35)/b29-14+/t19-/m1/s1. The predicted octanol–water partition coefficient (Wildman–Crippen LogP) is 3.77. The monoisotopic (exact) mass is 537 g/mol. The molecule has 0 aromatic heterocycles. The van der Waals surface area contributed by atoms with Gasteiger partial charge in [-0.3, -0.25) is 5.43 Å². The lowest BCUT2D eigenvalue weighted by atomic mass is 10.1. The van der Waals surface area contributed by atoms with Gasteiger partial charge < -0.3 is 25.3 Å². The molecule has 7 nitrogen and oxygen atoms in total. The molecule has 0 spiro atoms. The molecule has 0 saturated carbocycles. The molecular weight excluding hydrogens is 508 g/mol. The molecule has 0 bridgehead atoms. The maximum absolute atomic E-state index is 15.4. The molecule has 3 N–H and O–H groups in total. The number of hydrogen-bond donors (Lipinski definition) is 2. The molecule has 0 radical (unpaired) electrons. The van der Waals surface area contributed by atoms with E-state index in [2.05, 4.69) is 44.2 Å². The van der Waals surface area contributed by atoms with E-state index in [0.29, 0.717) is 40.4 Å². The number of hydrazone groups is 1. The van der Waals surface area contributed by atoms with Gasteiger partial charge in [-0.1, -0.05) is 23.2 Å². The van der Waals surface area contributed by atoms with Crippen LogP contribution in [-0.4, -0.2) is 75.6 Å². The molecule has 1 atom stereocenters. The molecule has 2 aliphatic heterocycles. The minimum Gasteiger partial charge on any atom is -0.375 e. The summed E-state index contributed by atoms with van der Waals surface area (Å²) in [5.74, 6) is -0.284. The van der Waals surface area contributed by atoms with Gasteiger partial charge in [0, 0.05) is 72.3 Å². The van der Waals surface area contributed by atoms with Gasteiger partial charge in [-0.2, -0.15) is 5.10 Å². The molecule has 2 saturated heterocycles. The Balaban J connectivity index is 1.57. The van der Waals surface area contributed by atoms with Crippen molar-refractivity contribution in [2.75, 3.05) is 68.1 Å². The van der Waals surface area contributed by atoms with Gasteiger partial charge in [0.15, 0.2) is 5.11 Å². The van der Waals surface area contributed by atoms with Crippen molar-refractivity contribution < 1.29 is 4.39 Å². The quantitative estimate of drug-likeness (QED) is 0.330. The molecule has 2 aromatic carbocycles. The van der Waals surface area contributed by atoms with Crippen LogP contribution in [0, 0.1) is 5.82 Å². The summed E-state index contributed by atoms with van der Waals surface area (Å²) in [6.45, 7) is 4.58. The van der Waals surface area contributed by atoms with Crippen molar-refractivity contribution in [1.29, 1.82) is 0 Å². The van der Waals surface area contributed by atoms with E-state index in [1.807, 2.05) is 18.2 Å². The number of nitrogens with zero attached hydrogens (tertiary/aromatic N) is 5. The lowest BCUT2D eigenvalue weighted by molar-refractivity contribution is 0.315. The second kappa shape index (κ2) is 11.2. The SMILES string of the molecule is CN(C)[C@@H]1CCN(c2cc(N3CCN(c4cc(Cl)cc(Cl)c4)CC3)c(F)cc2/C=N/NC(N)=S)C1. The first-order chi connectivity index (χ1) is 16.7. The number of nitrogens with one attached hydrogen (secondary N) is 1. The van der Waals surface area contributed by atoms with E-state index < -0.39 is 0 Å². The first-order valence-electron chi connectivity index (χ1n) is 11.5. The Labute approximate surface area is 221 Å². The van der Waals surface area contributed by atoms with E-state index in [1.54, 1.807) is 18.3 Å². The number of nitrogens with two attached hydrogens (primary N) is 1. The molecule has 0 amide bonds. The van der Waals surface area contributed by atoms with Gasteiger partial charge in [0.25, 0.3) is 0 Å². The summed E-state index contributed by atoms with van der Waals surface area (Å²) in [4.78, 5) is 8.83. The van der Waals surface area contributed by atoms with Crippen LogP contribution in [0.2, 0.25) is 10.0 Å². The fraction of sp³-hybridized carbons (Fsp3) is 0.417. The minimum atomic E-state index is -0.284. The summed E-state index contributed by atoms with van der Waals surface area (Å²) in [6.07, 6.45) is 2.62. The topological polar surface area (TPSA) is 63.4 Å². The smallest absolute Gasteiger partial charge is 0.184 e. The van der Waals surface area contributed by atoms with Gasteiger partial charge in [-0.15, -0.1) is 0 Å². The maximum atomic E-state index is 15.4. The fourth-order valence-electron chi connectivity index (χ4n) is 4.66. The van der Waals surface area contributed by atoms with E-state index in [9.17, 15) is 0 Å². The molecule has 35 heavy (non-hydrogen) atoms. The average Bonchev–Trinajstić information content (AvgIpc) is 3.29. The summed E-state index contributed by atoms with van der Waals surface area (Å²) in [5, 5.41) is 5.36. The third kappa shape index (κ3) is 6.27. The third-order valence-electron chi connectivity index (χ3n) is 6.54. The number of anilines is 3. The van der Waals surface area contributed by atoms with Gasteiger partial charge in [-0.05, 0) is 63.1 Å². The van der Waals surface area contributed by atoms with Crippen LogP contribution in [0.1, 0.15) is 12.0 Å². The lowest BCUT2D eigenvalue weighted by Crippen LogP contribution is -2.47. The van der Waals surface area contributed by atoms with Crippen molar-refractivity contribution in [1.82, 2.24) is 10.3 Å². The average molecular weight is 539 g/mol. The van der Waals surface area contributed by atoms with Gasteiger partial charge in [-0.25, -0.2) is 4.39 Å². The number of likely N-dealkylation sites (N-methyl/N-ethyl adjacent to an activating group) is 1. The van der Waals surface area contributed by atoms with Crippen molar-refractivity contribution in [2.24, 2.45) is 10.8 Å². The second-order valence-corrected chi connectivity index (χ2v) is 10.4. The highest BCUT2D eigenvalue weighted by atomic mass is 35.5. The van der Waals surface area contributed by atoms with Crippen LogP contribution in [0.3, 0.4) is 0 Å². The normalized spacial score (nSPS) is 18.7. The number of halogens is 3. The Kier molecular flexibility index (Phi) is 8.21. The van der Waals surface area contributed by atoms with Crippen LogP contribution >= 0.6 is 35.4 Å². The predicted molar refractivity (Wildman–Crippen MR) is 149 cm³/mol. The van der Waals surface area contributed by atoms with E-state index in [0.717, 1.165) is 44.0 Å². The molecule has 2 fully saturated rings. The Bertz CT molecular complexity index is 1090.